The summed E-state index contributed by atoms with van der Waals surface area (Å²) >= 11 is 5.89. The number of hydrogen-bond donors (Lipinski definition) is 1. The Morgan fingerprint density at radius 2 is 1.63 bits per heavy atom. The predicted molar refractivity (Wildman–Crippen MR) is 132 cm³/mol. The lowest BCUT2D eigenvalue weighted by atomic mass is 10.1. The van der Waals surface area contributed by atoms with Gasteiger partial charge in [0.2, 0.25) is 5.91 Å². The topological polar surface area (TPSA) is 108 Å². The van der Waals surface area contributed by atoms with Gasteiger partial charge in [0.05, 0.1) is 31.4 Å². The molecule has 0 spiro atoms. The van der Waals surface area contributed by atoms with Gasteiger partial charge in [0.1, 0.15) is 12.3 Å². The van der Waals surface area contributed by atoms with E-state index in [4.69, 9.17) is 16.3 Å². The Labute approximate surface area is 205 Å². The number of rotatable bonds is 8. The number of aromatic nitrogens is 4. The lowest BCUT2D eigenvalue weighted by Gasteiger charge is -2.10. The van der Waals surface area contributed by atoms with E-state index in [-0.39, 0.29) is 36.7 Å². The molecule has 0 atom stereocenters. The van der Waals surface area contributed by atoms with E-state index in [1.807, 2.05) is 24.3 Å². The second-order valence-electron chi connectivity index (χ2n) is 7.61. The van der Waals surface area contributed by atoms with Crippen LogP contribution in [0, 0.1) is 0 Å². The largest absolute Gasteiger partial charge is 0.497 e. The Hall–Kier alpha value is -4.24. The van der Waals surface area contributed by atoms with E-state index in [1.54, 1.807) is 37.4 Å². The molecule has 4 aromatic rings. The number of amides is 1. The van der Waals surface area contributed by atoms with Crippen molar-refractivity contribution < 1.29 is 9.53 Å². The van der Waals surface area contributed by atoms with Crippen molar-refractivity contribution in [3.63, 3.8) is 0 Å². The third kappa shape index (κ3) is 6.01. The molecule has 1 amide bonds. The number of nitrogens with one attached hydrogen (secondary N) is 1. The van der Waals surface area contributed by atoms with Gasteiger partial charge in [-0.15, -0.1) is 0 Å². The average Bonchev–Trinajstić information content (AvgIpc) is 2.87. The standard InChI is InChI=1S/C25H22ClN5O4/c1-35-20-8-4-17(5-9-20)21-10-11-24(33)31(29-21)13-12-27-23(32)15-30-16-28-22(14-25(30)34)18-2-6-19(26)7-3-18/h2-11,14,16H,12-13,15H2,1H3,(H,27,32). The van der Waals surface area contributed by atoms with Gasteiger partial charge in [-0.1, -0.05) is 23.7 Å². The van der Waals surface area contributed by atoms with Crippen LogP contribution >= 0.6 is 11.6 Å². The molecule has 0 fully saturated rings. The summed E-state index contributed by atoms with van der Waals surface area (Å²) in [5.41, 5.74) is 2.05. The highest BCUT2D eigenvalue weighted by Crippen LogP contribution is 2.20. The number of ether oxygens (including phenoxy) is 1. The fourth-order valence-electron chi connectivity index (χ4n) is 3.36. The third-order valence-electron chi connectivity index (χ3n) is 5.23. The van der Waals surface area contributed by atoms with Gasteiger partial charge < -0.3 is 10.1 Å². The fraction of sp³-hybridized carbons (Fsp3) is 0.160. The first-order valence-electron chi connectivity index (χ1n) is 10.7. The Morgan fingerprint density at radius 3 is 2.31 bits per heavy atom. The lowest BCUT2D eigenvalue weighted by Crippen LogP contribution is -2.35. The maximum Gasteiger partial charge on any atom is 0.266 e. The Balaban J connectivity index is 1.36. The van der Waals surface area contributed by atoms with Gasteiger partial charge >= 0.3 is 0 Å². The molecule has 0 aliphatic rings. The van der Waals surface area contributed by atoms with Crippen molar-refractivity contribution in [2.75, 3.05) is 13.7 Å². The fourth-order valence-corrected chi connectivity index (χ4v) is 3.49. The molecule has 2 heterocycles. The molecule has 10 heteroatoms. The van der Waals surface area contributed by atoms with Crippen LogP contribution in [0.4, 0.5) is 0 Å². The zero-order valence-corrected chi connectivity index (χ0v) is 19.6. The summed E-state index contributed by atoms with van der Waals surface area (Å²) in [7, 11) is 1.59. The molecular weight excluding hydrogens is 470 g/mol. The van der Waals surface area contributed by atoms with Gasteiger partial charge in [0.15, 0.2) is 0 Å². The molecule has 0 radical (unpaired) electrons. The maximum atomic E-state index is 12.4. The van der Waals surface area contributed by atoms with Crippen LogP contribution < -0.4 is 21.2 Å². The van der Waals surface area contributed by atoms with Crippen LogP contribution in [0.25, 0.3) is 22.5 Å². The van der Waals surface area contributed by atoms with Crippen LogP contribution in [0.2, 0.25) is 5.02 Å². The van der Waals surface area contributed by atoms with Crippen LogP contribution in [0.1, 0.15) is 0 Å². The molecule has 0 unspecified atom stereocenters. The molecule has 2 aromatic heterocycles. The van der Waals surface area contributed by atoms with Gasteiger partial charge in [-0.2, -0.15) is 5.10 Å². The second-order valence-corrected chi connectivity index (χ2v) is 8.04. The van der Waals surface area contributed by atoms with Crippen molar-refractivity contribution in [1.82, 2.24) is 24.6 Å². The smallest absolute Gasteiger partial charge is 0.266 e. The second kappa shape index (κ2) is 10.8. The number of carbonyl (C=O) groups is 1. The number of carbonyl (C=O) groups excluding carboxylic acids is 1. The van der Waals surface area contributed by atoms with Crippen molar-refractivity contribution >= 4 is 17.5 Å². The van der Waals surface area contributed by atoms with Crippen LogP contribution in [0.5, 0.6) is 5.75 Å². The van der Waals surface area contributed by atoms with Crippen molar-refractivity contribution in [2.24, 2.45) is 0 Å². The van der Waals surface area contributed by atoms with Crippen molar-refractivity contribution in [1.29, 1.82) is 0 Å². The Bertz CT molecular complexity index is 1450. The highest BCUT2D eigenvalue weighted by Gasteiger charge is 2.09. The summed E-state index contributed by atoms with van der Waals surface area (Å²) in [4.78, 5) is 41.2. The number of benzene rings is 2. The first kappa shape index (κ1) is 23.9. The van der Waals surface area contributed by atoms with Crippen LogP contribution in [0.3, 0.4) is 0 Å². The molecule has 0 bridgehead atoms. The van der Waals surface area contributed by atoms with E-state index in [0.717, 1.165) is 16.9 Å². The summed E-state index contributed by atoms with van der Waals surface area (Å²) in [6.45, 7) is 0.154. The molecule has 0 aliphatic carbocycles. The number of hydrogen-bond acceptors (Lipinski definition) is 6. The van der Waals surface area contributed by atoms with Gasteiger partial charge in [-0.25, -0.2) is 9.67 Å². The molecule has 0 saturated carbocycles. The van der Waals surface area contributed by atoms with Crippen molar-refractivity contribution in [3.05, 3.63) is 98.8 Å². The summed E-state index contributed by atoms with van der Waals surface area (Å²) in [5, 5.41) is 7.67. The summed E-state index contributed by atoms with van der Waals surface area (Å²) in [6.07, 6.45) is 1.33. The van der Waals surface area contributed by atoms with Gasteiger partial charge in [-0.3, -0.25) is 19.0 Å². The monoisotopic (exact) mass is 491 g/mol. The molecule has 178 valence electrons. The van der Waals surface area contributed by atoms with E-state index in [9.17, 15) is 14.4 Å². The van der Waals surface area contributed by atoms with Crippen molar-refractivity contribution in [3.8, 4) is 28.3 Å². The first-order valence-corrected chi connectivity index (χ1v) is 11.1. The number of methoxy groups -OCH3 is 1. The third-order valence-corrected chi connectivity index (χ3v) is 5.48. The first-order chi connectivity index (χ1) is 16.9. The zero-order valence-electron chi connectivity index (χ0n) is 18.8. The molecular formula is C25H22ClN5O4. The molecule has 0 saturated heterocycles. The van der Waals surface area contributed by atoms with E-state index in [0.29, 0.717) is 16.4 Å². The molecule has 2 aromatic carbocycles. The maximum absolute atomic E-state index is 12.4. The minimum absolute atomic E-state index is 0.169. The summed E-state index contributed by atoms with van der Waals surface area (Å²) < 4.78 is 7.66. The molecule has 9 nitrogen and oxygen atoms in total. The highest BCUT2D eigenvalue weighted by atomic mass is 35.5. The molecule has 4 rings (SSSR count). The molecule has 0 aliphatic heterocycles. The number of halogens is 1. The highest BCUT2D eigenvalue weighted by molar-refractivity contribution is 6.30. The van der Waals surface area contributed by atoms with Gasteiger partial charge in [0.25, 0.3) is 11.1 Å². The minimum atomic E-state index is -0.382. The van der Waals surface area contributed by atoms with Crippen LogP contribution in [-0.4, -0.2) is 38.9 Å². The Morgan fingerprint density at radius 1 is 0.943 bits per heavy atom. The molecule has 35 heavy (non-hydrogen) atoms. The molecule has 1 N–H and O–H groups in total. The van der Waals surface area contributed by atoms with Crippen molar-refractivity contribution in [2.45, 2.75) is 13.1 Å². The van der Waals surface area contributed by atoms with E-state index in [2.05, 4.69) is 15.4 Å². The zero-order chi connectivity index (χ0) is 24.8. The Kier molecular flexibility index (Phi) is 7.37. The summed E-state index contributed by atoms with van der Waals surface area (Å²) in [5.74, 6) is 0.339. The predicted octanol–water partition coefficient (Wildman–Crippen LogP) is 2.61. The average molecular weight is 492 g/mol. The lowest BCUT2D eigenvalue weighted by molar-refractivity contribution is -0.121. The SMILES string of the molecule is COc1ccc(-c2ccc(=O)n(CCNC(=O)Cn3cnc(-c4ccc(Cl)cc4)cc3=O)n2)cc1. The van der Waals surface area contributed by atoms with E-state index < -0.39 is 0 Å². The van der Waals surface area contributed by atoms with Gasteiger partial charge in [-0.05, 0) is 42.5 Å². The quantitative estimate of drug-likeness (QED) is 0.406. The normalized spacial score (nSPS) is 10.7. The van der Waals surface area contributed by atoms with Crippen LogP contribution in [0.15, 0.2) is 82.6 Å². The minimum Gasteiger partial charge on any atom is -0.497 e. The summed E-state index contributed by atoms with van der Waals surface area (Å²) in [6, 6.07) is 18.7. The number of nitrogens with zero attached hydrogens (tertiary/aromatic N) is 4. The van der Waals surface area contributed by atoms with Crippen LogP contribution in [-0.2, 0) is 17.9 Å². The van der Waals surface area contributed by atoms with Gasteiger partial charge in [0, 0.05) is 34.8 Å². The van der Waals surface area contributed by atoms with E-state index >= 15 is 0 Å². The van der Waals surface area contributed by atoms with E-state index in [1.165, 1.54) is 27.7 Å².